The van der Waals surface area contributed by atoms with Crippen LogP contribution in [0.15, 0.2) is 79.0 Å². The molecule has 0 unspecified atom stereocenters. The average molecular weight is 508 g/mol. The molecule has 0 radical (unpaired) electrons. The first-order chi connectivity index (χ1) is 17.7. The molecule has 1 heterocycles. The van der Waals surface area contributed by atoms with Gasteiger partial charge in [-0.2, -0.15) is 13.2 Å². The van der Waals surface area contributed by atoms with Crippen LogP contribution in [-0.2, 0) is 6.18 Å². The van der Waals surface area contributed by atoms with Crippen molar-refractivity contribution < 1.29 is 27.9 Å². The highest BCUT2D eigenvalue weighted by Crippen LogP contribution is 2.32. The van der Waals surface area contributed by atoms with E-state index in [1.165, 1.54) is 37.2 Å². The number of nitrogens with zero attached hydrogens (tertiary/aromatic N) is 1. The number of alkyl halides is 3. The van der Waals surface area contributed by atoms with E-state index in [0.717, 1.165) is 24.6 Å². The van der Waals surface area contributed by atoms with Gasteiger partial charge in [0, 0.05) is 22.8 Å². The number of halogens is 3. The second-order valence-electron chi connectivity index (χ2n) is 8.69. The fourth-order valence-electron chi connectivity index (χ4n) is 3.64. The molecule has 9 heteroatoms. The predicted molar refractivity (Wildman–Crippen MR) is 135 cm³/mol. The van der Waals surface area contributed by atoms with E-state index in [2.05, 4.69) is 10.3 Å². The van der Waals surface area contributed by atoms with E-state index in [1.807, 2.05) is 0 Å². The third kappa shape index (κ3) is 6.50. The van der Waals surface area contributed by atoms with Crippen molar-refractivity contribution in [1.29, 1.82) is 0 Å². The van der Waals surface area contributed by atoms with Crippen molar-refractivity contribution in [2.45, 2.75) is 19.0 Å². The van der Waals surface area contributed by atoms with Gasteiger partial charge in [0.25, 0.3) is 5.91 Å². The van der Waals surface area contributed by atoms with Gasteiger partial charge in [-0.25, -0.2) is 4.79 Å². The second-order valence-corrected chi connectivity index (χ2v) is 8.69. The molecular weight excluding hydrogens is 483 g/mol. The summed E-state index contributed by atoms with van der Waals surface area (Å²) >= 11 is 0. The Labute approximate surface area is 211 Å². The quantitative estimate of drug-likeness (QED) is 0.297. The predicted octanol–water partition coefficient (Wildman–Crippen LogP) is 6.23. The standard InChI is InChI=1S/C24H15F3N2O3.C4H9N/c25-24(26,27)17-8-5-14(6-9-17)19-3-1-2-4-20(19)22(30)29-18-10-7-15-11-16(23(31)32)13-28-21(15)12-18;5-3-4-1-2-4/h1-13H,(H,29,30)(H,31,32);4H,1-3,5H2. The Morgan fingerprint density at radius 2 is 1.70 bits per heavy atom. The lowest BCUT2D eigenvalue weighted by atomic mass is 9.98. The minimum absolute atomic E-state index is 0.0553. The lowest BCUT2D eigenvalue weighted by molar-refractivity contribution is -0.137. The highest BCUT2D eigenvalue weighted by Gasteiger charge is 2.30. The third-order valence-corrected chi connectivity index (χ3v) is 5.91. The van der Waals surface area contributed by atoms with Crippen LogP contribution in [0.5, 0.6) is 0 Å². The average Bonchev–Trinajstić information content (AvgIpc) is 3.73. The SMILES string of the molecule is NCC1CC1.O=C(O)c1cnc2cc(NC(=O)c3ccccc3-c3ccc(C(F)(F)F)cc3)ccc2c1. The summed E-state index contributed by atoms with van der Waals surface area (Å²) in [5.74, 6) is -0.617. The number of aromatic carboxylic acids is 1. The molecule has 1 aromatic heterocycles. The van der Waals surface area contributed by atoms with Gasteiger partial charge < -0.3 is 16.2 Å². The van der Waals surface area contributed by atoms with Crippen LogP contribution >= 0.6 is 0 Å². The van der Waals surface area contributed by atoms with Crippen LogP contribution in [0.25, 0.3) is 22.0 Å². The molecule has 1 aliphatic carbocycles. The van der Waals surface area contributed by atoms with E-state index < -0.39 is 23.6 Å². The third-order valence-electron chi connectivity index (χ3n) is 5.91. The molecule has 6 nitrogen and oxygen atoms in total. The molecule has 0 aliphatic heterocycles. The number of nitrogens with one attached hydrogen (secondary N) is 1. The molecule has 1 amide bonds. The molecule has 0 spiro atoms. The zero-order valence-electron chi connectivity index (χ0n) is 19.6. The maximum atomic E-state index is 12.9. The van der Waals surface area contributed by atoms with E-state index >= 15 is 0 Å². The number of pyridine rings is 1. The summed E-state index contributed by atoms with van der Waals surface area (Å²) in [6.07, 6.45) is -0.437. The fraction of sp³-hybridized carbons (Fsp3) is 0.179. The first-order valence-corrected chi connectivity index (χ1v) is 11.6. The Kier molecular flexibility index (Phi) is 7.54. The summed E-state index contributed by atoms with van der Waals surface area (Å²) in [6, 6.07) is 17.6. The summed E-state index contributed by atoms with van der Waals surface area (Å²) in [4.78, 5) is 28.1. The summed E-state index contributed by atoms with van der Waals surface area (Å²) in [5.41, 5.74) is 6.73. The number of carboxylic acids is 1. The molecular formula is C28H24F3N3O3. The topological polar surface area (TPSA) is 105 Å². The number of hydrogen-bond acceptors (Lipinski definition) is 4. The number of aromatic nitrogens is 1. The molecule has 37 heavy (non-hydrogen) atoms. The minimum atomic E-state index is -4.44. The number of benzene rings is 3. The number of carbonyl (C=O) groups excluding carboxylic acids is 1. The molecule has 4 aromatic rings. The maximum absolute atomic E-state index is 12.9. The minimum Gasteiger partial charge on any atom is -0.478 e. The fourth-order valence-corrected chi connectivity index (χ4v) is 3.64. The summed E-state index contributed by atoms with van der Waals surface area (Å²) < 4.78 is 38.5. The Hall–Kier alpha value is -4.24. The number of rotatable bonds is 5. The highest BCUT2D eigenvalue weighted by molar-refractivity contribution is 6.09. The van der Waals surface area contributed by atoms with Crippen LogP contribution in [0.3, 0.4) is 0 Å². The van der Waals surface area contributed by atoms with Crippen LogP contribution < -0.4 is 11.1 Å². The summed E-state index contributed by atoms with van der Waals surface area (Å²) in [7, 11) is 0. The van der Waals surface area contributed by atoms with Crippen LogP contribution in [0.1, 0.15) is 39.1 Å². The van der Waals surface area contributed by atoms with Gasteiger partial charge in [0.1, 0.15) is 0 Å². The number of nitrogens with two attached hydrogens (primary N) is 1. The van der Waals surface area contributed by atoms with Crippen LogP contribution in [0.2, 0.25) is 0 Å². The largest absolute Gasteiger partial charge is 0.478 e. The number of anilines is 1. The van der Waals surface area contributed by atoms with Gasteiger partial charge in [-0.05, 0) is 72.8 Å². The maximum Gasteiger partial charge on any atom is 0.416 e. The Bertz CT molecular complexity index is 1430. The Balaban J connectivity index is 0.000000572. The van der Waals surface area contributed by atoms with Crippen LogP contribution in [0, 0.1) is 5.92 Å². The van der Waals surface area contributed by atoms with E-state index in [1.54, 1.807) is 42.5 Å². The molecule has 1 saturated carbocycles. The monoisotopic (exact) mass is 507 g/mol. The number of amides is 1. The Morgan fingerprint density at radius 1 is 1.00 bits per heavy atom. The molecule has 4 N–H and O–H groups in total. The van der Waals surface area contributed by atoms with Crippen molar-refractivity contribution in [1.82, 2.24) is 4.98 Å². The smallest absolute Gasteiger partial charge is 0.416 e. The zero-order chi connectivity index (χ0) is 26.6. The van der Waals surface area contributed by atoms with Crippen molar-refractivity contribution in [3.8, 4) is 11.1 Å². The first kappa shape index (κ1) is 25.8. The summed E-state index contributed by atoms with van der Waals surface area (Å²) in [6.45, 7) is 0.917. The van der Waals surface area contributed by atoms with Crippen molar-refractivity contribution in [3.63, 3.8) is 0 Å². The van der Waals surface area contributed by atoms with Crippen molar-refractivity contribution >= 4 is 28.5 Å². The van der Waals surface area contributed by atoms with E-state index in [0.29, 0.717) is 33.3 Å². The van der Waals surface area contributed by atoms with E-state index in [4.69, 9.17) is 10.8 Å². The molecule has 1 fully saturated rings. The molecule has 0 atom stereocenters. The lowest BCUT2D eigenvalue weighted by Gasteiger charge is -2.12. The van der Waals surface area contributed by atoms with Crippen LogP contribution in [-0.4, -0.2) is 28.5 Å². The first-order valence-electron chi connectivity index (χ1n) is 11.6. The van der Waals surface area contributed by atoms with Gasteiger partial charge in [0.05, 0.1) is 16.6 Å². The molecule has 190 valence electrons. The van der Waals surface area contributed by atoms with Crippen LogP contribution in [0.4, 0.5) is 18.9 Å². The van der Waals surface area contributed by atoms with Crippen molar-refractivity contribution in [2.24, 2.45) is 11.7 Å². The molecule has 0 saturated heterocycles. The van der Waals surface area contributed by atoms with Gasteiger partial charge in [0.2, 0.25) is 0 Å². The van der Waals surface area contributed by atoms with Gasteiger partial charge in [0.15, 0.2) is 0 Å². The zero-order valence-corrected chi connectivity index (χ0v) is 19.6. The van der Waals surface area contributed by atoms with Crippen molar-refractivity contribution in [2.75, 3.05) is 11.9 Å². The number of hydrogen-bond donors (Lipinski definition) is 3. The van der Waals surface area contributed by atoms with Gasteiger partial charge in [-0.1, -0.05) is 36.4 Å². The number of carboxylic acid groups (broad SMARTS) is 1. The second kappa shape index (κ2) is 10.8. The highest BCUT2D eigenvalue weighted by atomic mass is 19.4. The number of fused-ring (bicyclic) bond motifs is 1. The normalized spacial score (nSPS) is 13.0. The number of carbonyl (C=O) groups is 2. The Morgan fingerprint density at radius 3 is 2.30 bits per heavy atom. The lowest BCUT2D eigenvalue weighted by Crippen LogP contribution is -2.13. The van der Waals surface area contributed by atoms with Gasteiger partial charge in [-0.3, -0.25) is 9.78 Å². The molecule has 1 aliphatic rings. The van der Waals surface area contributed by atoms with E-state index in [9.17, 15) is 22.8 Å². The summed E-state index contributed by atoms with van der Waals surface area (Å²) in [5, 5.41) is 12.4. The van der Waals surface area contributed by atoms with Crippen molar-refractivity contribution in [3.05, 3.63) is 95.7 Å². The van der Waals surface area contributed by atoms with E-state index in [-0.39, 0.29) is 5.56 Å². The van der Waals surface area contributed by atoms with Gasteiger partial charge in [-0.15, -0.1) is 0 Å². The molecule has 0 bridgehead atoms. The van der Waals surface area contributed by atoms with Gasteiger partial charge >= 0.3 is 12.1 Å². The molecule has 5 rings (SSSR count). The molecule has 3 aromatic carbocycles.